The number of halogens is 2. The molecule has 0 radical (unpaired) electrons. The lowest BCUT2D eigenvalue weighted by molar-refractivity contribution is -0.138. The predicted molar refractivity (Wildman–Crippen MR) is 134 cm³/mol. The molecule has 0 aliphatic carbocycles. The highest BCUT2D eigenvalue weighted by Gasteiger charge is 2.43. The third-order valence-electron chi connectivity index (χ3n) is 6.02. The van der Waals surface area contributed by atoms with E-state index >= 15 is 0 Å². The Kier molecular flexibility index (Phi) is 7.38. The maximum atomic E-state index is 13.7. The van der Waals surface area contributed by atoms with E-state index in [0.29, 0.717) is 36.6 Å². The fraction of sp³-hybridized carbons (Fsp3) is 0.320. The Morgan fingerprint density at radius 3 is 2.59 bits per heavy atom. The molecule has 4 rings (SSSR count). The van der Waals surface area contributed by atoms with Crippen molar-refractivity contribution >= 4 is 39.0 Å². The molecule has 6 nitrogen and oxygen atoms in total. The number of carbonyl (C=O) groups is 1. The molecule has 34 heavy (non-hydrogen) atoms. The Morgan fingerprint density at radius 1 is 1.15 bits per heavy atom. The van der Waals surface area contributed by atoms with Gasteiger partial charge in [-0.3, -0.25) is 4.90 Å². The summed E-state index contributed by atoms with van der Waals surface area (Å²) in [6, 6.07) is 14.9. The molecule has 0 saturated carbocycles. The topological polar surface area (TPSA) is 75.7 Å². The second-order valence-electron chi connectivity index (χ2n) is 8.32. The van der Waals surface area contributed by atoms with Crippen molar-refractivity contribution in [1.82, 2.24) is 10.2 Å². The third kappa shape index (κ3) is 4.89. The number of sulfone groups is 1. The van der Waals surface area contributed by atoms with Gasteiger partial charge in [-0.05, 0) is 31.0 Å². The first kappa shape index (κ1) is 24.8. The maximum absolute atomic E-state index is 13.7. The largest absolute Gasteiger partial charge is 0.463 e. The van der Waals surface area contributed by atoms with E-state index in [-0.39, 0.29) is 32.9 Å². The van der Waals surface area contributed by atoms with E-state index in [1.54, 1.807) is 32.0 Å². The summed E-state index contributed by atoms with van der Waals surface area (Å²) < 4.78 is 32.7. The number of dihydropyridines is 1. The van der Waals surface area contributed by atoms with Gasteiger partial charge in [-0.1, -0.05) is 65.7 Å². The lowest BCUT2D eigenvalue weighted by Gasteiger charge is -2.32. The van der Waals surface area contributed by atoms with Crippen LogP contribution in [0.3, 0.4) is 0 Å². The summed E-state index contributed by atoms with van der Waals surface area (Å²) in [5.74, 6) is -1.58. The predicted octanol–water partition coefficient (Wildman–Crippen LogP) is 4.66. The van der Waals surface area contributed by atoms with Crippen LogP contribution in [0.2, 0.25) is 10.0 Å². The average molecular weight is 521 g/mol. The van der Waals surface area contributed by atoms with Gasteiger partial charge in [0.2, 0.25) is 0 Å². The monoisotopic (exact) mass is 520 g/mol. The van der Waals surface area contributed by atoms with Crippen LogP contribution < -0.4 is 5.32 Å². The van der Waals surface area contributed by atoms with Gasteiger partial charge in [-0.25, -0.2) is 13.2 Å². The van der Waals surface area contributed by atoms with E-state index in [1.165, 1.54) is 0 Å². The average Bonchev–Trinajstić information content (AvgIpc) is 2.91. The number of hydrogen-bond acceptors (Lipinski definition) is 6. The smallest absolute Gasteiger partial charge is 0.336 e. The van der Waals surface area contributed by atoms with Crippen LogP contribution >= 0.6 is 23.2 Å². The SMILES string of the molecule is CCOC(=O)C1=C(C)NC2=C(C1c1cccc(Cl)c1Cl)S(=O)(=O)CCN(Cc1ccccc1)C2. The molecule has 2 aliphatic heterocycles. The summed E-state index contributed by atoms with van der Waals surface area (Å²) in [6.07, 6.45) is 0. The number of allylic oxidation sites excluding steroid dienone is 2. The molecule has 0 saturated heterocycles. The minimum absolute atomic E-state index is 0.0792. The zero-order valence-corrected chi connectivity index (χ0v) is 21.3. The Hall–Kier alpha value is -2.32. The van der Waals surface area contributed by atoms with Crippen molar-refractivity contribution in [2.24, 2.45) is 0 Å². The van der Waals surface area contributed by atoms with Crippen LogP contribution in [0.15, 0.2) is 70.4 Å². The van der Waals surface area contributed by atoms with Crippen LogP contribution in [0.5, 0.6) is 0 Å². The molecular weight excluding hydrogens is 495 g/mol. The van der Waals surface area contributed by atoms with Gasteiger partial charge in [0.25, 0.3) is 0 Å². The van der Waals surface area contributed by atoms with Crippen molar-refractivity contribution in [3.05, 3.63) is 91.6 Å². The van der Waals surface area contributed by atoms with Crippen LogP contribution in [0.4, 0.5) is 0 Å². The van der Waals surface area contributed by atoms with Crippen LogP contribution in [0, 0.1) is 0 Å². The first-order valence-electron chi connectivity index (χ1n) is 11.0. The molecule has 180 valence electrons. The van der Waals surface area contributed by atoms with E-state index in [1.807, 2.05) is 30.3 Å². The number of benzene rings is 2. The fourth-order valence-electron chi connectivity index (χ4n) is 4.52. The van der Waals surface area contributed by atoms with E-state index in [4.69, 9.17) is 27.9 Å². The molecule has 9 heteroatoms. The zero-order valence-electron chi connectivity index (χ0n) is 19.0. The fourth-order valence-corrected chi connectivity index (χ4v) is 6.75. The molecule has 2 aliphatic rings. The number of rotatable bonds is 5. The molecule has 1 N–H and O–H groups in total. The molecule has 1 unspecified atom stereocenters. The molecule has 2 aromatic carbocycles. The summed E-state index contributed by atoms with van der Waals surface area (Å²) in [6.45, 7) is 4.96. The number of esters is 1. The van der Waals surface area contributed by atoms with E-state index < -0.39 is 21.7 Å². The normalized spacial score (nSPS) is 20.4. The summed E-state index contributed by atoms with van der Waals surface area (Å²) in [4.78, 5) is 15.3. The Balaban J connectivity index is 1.86. The molecule has 2 aromatic rings. The minimum Gasteiger partial charge on any atom is -0.463 e. The molecule has 2 heterocycles. The molecule has 0 aromatic heterocycles. The number of nitrogens with zero attached hydrogens (tertiary/aromatic N) is 1. The molecule has 0 amide bonds. The van der Waals surface area contributed by atoms with Gasteiger partial charge in [0.1, 0.15) is 0 Å². The second-order valence-corrected chi connectivity index (χ2v) is 11.2. The van der Waals surface area contributed by atoms with Gasteiger partial charge in [-0.15, -0.1) is 0 Å². The highest BCUT2D eigenvalue weighted by Crippen LogP contribution is 2.46. The number of hydrogen-bond donors (Lipinski definition) is 1. The Morgan fingerprint density at radius 2 is 1.88 bits per heavy atom. The van der Waals surface area contributed by atoms with E-state index in [0.717, 1.165) is 5.56 Å². The number of carbonyl (C=O) groups excluding carboxylic acids is 1. The van der Waals surface area contributed by atoms with Crippen molar-refractivity contribution in [2.75, 3.05) is 25.4 Å². The summed E-state index contributed by atoms with van der Waals surface area (Å²) in [5, 5.41) is 3.72. The Labute approximate surface area is 210 Å². The molecular formula is C25H26Cl2N2O4S. The molecule has 0 fully saturated rings. The summed E-state index contributed by atoms with van der Waals surface area (Å²) >= 11 is 12.9. The van der Waals surface area contributed by atoms with Gasteiger partial charge in [0.05, 0.1) is 38.8 Å². The van der Waals surface area contributed by atoms with Gasteiger partial charge in [-0.2, -0.15) is 0 Å². The van der Waals surface area contributed by atoms with Crippen molar-refractivity contribution in [3.63, 3.8) is 0 Å². The minimum atomic E-state index is -3.75. The van der Waals surface area contributed by atoms with Crippen molar-refractivity contribution < 1.29 is 17.9 Å². The molecule has 1 atom stereocenters. The quantitative estimate of drug-likeness (QED) is 0.577. The lowest BCUT2D eigenvalue weighted by atomic mass is 9.86. The summed E-state index contributed by atoms with van der Waals surface area (Å²) in [5.41, 5.74) is 2.86. The Bertz CT molecular complexity index is 1270. The van der Waals surface area contributed by atoms with E-state index in [2.05, 4.69) is 10.2 Å². The molecule has 0 bridgehead atoms. The van der Waals surface area contributed by atoms with Crippen molar-refractivity contribution in [1.29, 1.82) is 0 Å². The first-order chi connectivity index (χ1) is 16.2. The number of ether oxygens (including phenoxy) is 1. The van der Waals surface area contributed by atoms with Crippen LogP contribution in [0.25, 0.3) is 0 Å². The summed E-state index contributed by atoms with van der Waals surface area (Å²) in [7, 11) is -3.75. The van der Waals surface area contributed by atoms with Crippen molar-refractivity contribution in [3.8, 4) is 0 Å². The molecule has 0 spiro atoms. The van der Waals surface area contributed by atoms with Gasteiger partial charge in [0, 0.05) is 31.0 Å². The first-order valence-corrected chi connectivity index (χ1v) is 13.4. The maximum Gasteiger partial charge on any atom is 0.336 e. The van der Waals surface area contributed by atoms with Gasteiger partial charge < -0.3 is 10.1 Å². The van der Waals surface area contributed by atoms with Crippen LogP contribution in [-0.2, 0) is 25.9 Å². The number of nitrogens with one attached hydrogen (secondary N) is 1. The van der Waals surface area contributed by atoms with Gasteiger partial charge in [0.15, 0.2) is 9.84 Å². The highest BCUT2D eigenvalue weighted by atomic mass is 35.5. The third-order valence-corrected chi connectivity index (χ3v) is 8.73. The van der Waals surface area contributed by atoms with E-state index in [9.17, 15) is 13.2 Å². The van der Waals surface area contributed by atoms with Crippen molar-refractivity contribution in [2.45, 2.75) is 26.3 Å². The zero-order chi connectivity index (χ0) is 24.5. The second kappa shape index (κ2) is 10.1. The highest BCUT2D eigenvalue weighted by molar-refractivity contribution is 7.95. The van der Waals surface area contributed by atoms with Crippen LogP contribution in [-0.4, -0.2) is 44.7 Å². The lowest BCUT2D eigenvalue weighted by Crippen LogP contribution is -2.35. The standard InChI is InChI=1S/C25H26Cl2N2O4S/c1-3-33-25(30)21-16(2)28-20-15-29(14-17-8-5-4-6-9-17)12-13-34(31,32)24(20)22(21)18-10-7-11-19(26)23(18)27/h4-11,22,28H,3,12-15H2,1-2H3. The van der Waals surface area contributed by atoms with Gasteiger partial charge >= 0.3 is 5.97 Å². The van der Waals surface area contributed by atoms with Crippen LogP contribution in [0.1, 0.15) is 30.9 Å².